The molecule has 0 radical (unpaired) electrons. The van der Waals surface area contributed by atoms with E-state index in [1.807, 2.05) is 35.8 Å². The second kappa shape index (κ2) is 5.89. The molecule has 0 aliphatic carbocycles. The highest BCUT2D eigenvalue weighted by Gasteiger charge is 2.12. The highest BCUT2D eigenvalue weighted by atomic mass is 16.3. The summed E-state index contributed by atoms with van der Waals surface area (Å²) in [5.74, 6) is 0.525. The maximum atomic E-state index is 9.38. The molecule has 0 bridgehead atoms. The second-order valence-electron chi connectivity index (χ2n) is 5.51. The minimum atomic E-state index is -0.0603. The number of aliphatic hydroxyl groups excluding tert-OH is 1. The smallest absolute Gasteiger partial charge is 0.237 e. The lowest BCUT2D eigenvalue weighted by Crippen LogP contribution is -2.30. The third kappa shape index (κ3) is 2.37. The molecule has 4 aromatic rings. The normalized spacial score (nSPS) is 12.8. The van der Waals surface area contributed by atoms with Crippen LogP contribution in [0.15, 0.2) is 43.1 Å². The van der Waals surface area contributed by atoms with E-state index in [1.54, 1.807) is 23.5 Å². The van der Waals surface area contributed by atoms with Gasteiger partial charge in [0.2, 0.25) is 5.95 Å². The summed E-state index contributed by atoms with van der Waals surface area (Å²) >= 11 is 0. The molecule has 1 aromatic carbocycles. The van der Waals surface area contributed by atoms with Gasteiger partial charge in [-0.25, -0.2) is 19.6 Å². The number of hydrogen-bond donors (Lipinski definition) is 2. The molecule has 1 atom stereocenters. The molecule has 0 saturated carbocycles. The van der Waals surface area contributed by atoms with Crippen molar-refractivity contribution in [1.82, 2.24) is 29.2 Å². The Morgan fingerprint density at radius 1 is 1.12 bits per heavy atom. The van der Waals surface area contributed by atoms with E-state index in [1.165, 1.54) is 0 Å². The molecule has 0 saturated heterocycles. The molecular formula is C16H17N7O. The zero-order valence-corrected chi connectivity index (χ0v) is 13.2. The summed E-state index contributed by atoms with van der Waals surface area (Å²) in [6.45, 7) is 2.05. The van der Waals surface area contributed by atoms with E-state index in [0.29, 0.717) is 17.1 Å². The molecule has 8 nitrogen and oxygen atoms in total. The third-order valence-corrected chi connectivity index (χ3v) is 3.98. The first-order valence-corrected chi connectivity index (χ1v) is 7.80. The average molecular weight is 323 g/mol. The number of fused-ring (bicyclic) bond motifs is 2. The lowest BCUT2D eigenvalue weighted by molar-refractivity contribution is 0.265. The molecule has 0 fully saturated rings. The van der Waals surface area contributed by atoms with Gasteiger partial charge in [0, 0.05) is 0 Å². The zero-order valence-electron chi connectivity index (χ0n) is 13.2. The monoisotopic (exact) mass is 323 g/mol. The highest BCUT2D eigenvalue weighted by molar-refractivity contribution is 5.77. The van der Waals surface area contributed by atoms with Crippen molar-refractivity contribution in [3.05, 3.63) is 43.1 Å². The minimum absolute atomic E-state index is 0.0419. The van der Waals surface area contributed by atoms with Crippen LogP contribution in [0.3, 0.4) is 0 Å². The molecule has 2 N–H and O–H groups in total. The molecule has 0 aliphatic heterocycles. The van der Waals surface area contributed by atoms with Crippen LogP contribution in [0.25, 0.3) is 28.1 Å². The Balaban J connectivity index is 1.80. The number of imidazole rings is 2. The van der Waals surface area contributed by atoms with Gasteiger partial charge in [0.05, 0.1) is 29.9 Å². The van der Waals surface area contributed by atoms with E-state index < -0.39 is 0 Å². The Bertz CT molecular complexity index is 986. The van der Waals surface area contributed by atoms with Crippen LogP contribution in [0.2, 0.25) is 0 Å². The fourth-order valence-corrected chi connectivity index (χ4v) is 2.59. The van der Waals surface area contributed by atoms with Crippen LogP contribution >= 0.6 is 0 Å². The Morgan fingerprint density at radius 2 is 1.96 bits per heavy atom. The van der Waals surface area contributed by atoms with Crippen LogP contribution in [0.1, 0.15) is 13.3 Å². The highest BCUT2D eigenvalue weighted by Crippen LogP contribution is 2.17. The van der Waals surface area contributed by atoms with Gasteiger partial charge in [0.1, 0.15) is 18.2 Å². The molecule has 3 aromatic heterocycles. The van der Waals surface area contributed by atoms with Gasteiger partial charge in [0.15, 0.2) is 5.65 Å². The van der Waals surface area contributed by atoms with Crippen molar-refractivity contribution in [2.75, 3.05) is 12.0 Å². The average Bonchev–Trinajstić information content (AvgIpc) is 3.23. The van der Waals surface area contributed by atoms with Gasteiger partial charge in [0.25, 0.3) is 0 Å². The SMILES string of the molecule is CC[C@@H](CO)Nn1cnc2cnc(-n3cnc4ccccc43)nc21. The quantitative estimate of drug-likeness (QED) is 0.578. The molecule has 3 heterocycles. The summed E-state index contributed by atoms with van der Waals surface area (Å²) in [7, 11) is 0. The summed E-state index contributed by atoms with van der Waals surface area (Å²) in [6.07, 6.45) is 5.83. The van der Waals surface area contributed by atoms with Crippen molar-refractivity contribution in [2.45, 2.75) is 19.4 Å². The molecule has 0 amide bonds. The van der Waals surface area contributed by atoms with Gasteiger partial charge in [-0.15, -0.1) is 0 Å². The number of nitrogens with zero attached hydrogens (tertiary/aromatic N) is 6. The van der Waals surface area contributed by atoms with Crippen molar-refractivity contribution >= 4 is 22.2 Å². The fraction of sp³-hybridized carbons (Fsp3) is 0.250. The lowest BCUT2D eigenvalue weighted by Gasteiger charge is -2.16. The van der Waals surface area contributed by atoms with Crippen molar-refractivity contribution in [2.24, 2.45) is 0 Å². The molecular weight excluding hydrogens is 306 g/mol. The Kier molecular flexibility index (Phi) is 3.58. The van der Waals surface area contributed by atoms with Gasteiger partial charge in [-0.1, -0.05) is 19.1 Å². The zero-order chi connectivity index (χ0) is 16.5. The topological polar surface area (TPSA) is 93.7 Å². The minimum Gasteiger partial charge on any atom is -0.394 e. The molecule has 0 unspecified atom stereocenters. The number of benzene rings is 1. The molecule has 24 heavy (non-hydrogen) atoms. The molecule has 122 valence electrons. The van der Waals surface area contributed by atoms with Crippen LogP contribution in [0, 0.1) is 0 Å². The maximum Gasteiger partial charge on any atom is 0.237 e. The molecule has 8 heteroatoms. The molecule has 4 rings (SSSR count). The predicted octanol–water partition coefficient (Wildman–Crippen LogP) is 1.48. The van der Waals surface area contributed by atoms with Gasteiger partial charge >= 0.3 is 0 Å². The summed E-state index contributed by atoms with van der Waals surface area (Å²) < 4.78 is 3.57. The van der Waals surface area contributed by atoms with E-state index in [-0.39, 0.29) is 12.6 Å². The summed E-state index contributed by atoms with van der Waals surface area (Å²) in [5.41, 5.74) is 6.37. The summed E-state index contributed by atoms with van der Waals surface area (Å²) in [6, 6.07) is 7.77. The van der Waals surface area contributed by atoms with Crippen LogP contribution in [0.4, 0.5) is 0 Å². The first kappa shape index (κ1) is 14.6. The van der Waals surface area contributed by atoms with Gasteiger partial charge in [-0.3, -0.25) is 4.57 Å². The number of aromatic nitrogens is 6. The van der Waals surface area contributed by atoms with Crippen molar-refractivity contribution in [3.63, 3.8) is 0 Å². The van der Waals surface area contributed by atoms with E-state index in [4.69, 9.17) is 0 Å². The predicted molar refractivity (Wildman–Crippen MR) is 90.5 cm³/mol. The number of nitrogens with one attached hydrogen (secondary N) is 1. The maximum absolute atomic E-state index is 9.38. The molecule has 0 spiro atoms. The number of aliphatic hydroxyl groups is 1. The second-order valence-corrected chi connectivity index (χ2v) is 5.51. The fourth-order valence-electron chi connectivity index (χ4n) is 2.59. The largest absolute Gasteiger partial charge is 0.394 e. The van der Waals surface area contributed by atoms with Crippen molar-refractivity contribution in [3.8, 4) is 5.95 Å². The first-order valence-electron chi connectivity index (χ1n) is 7.80. The number of hydrogen-bond acceptors (Lipinski definition) is 6. The van der Waals surface area contributed by atoms with Crippen LogP contribution in [-0.2, 0) is 0 Å². The van der Waals surface area contributed by atoms with Crippen LogP contribution < -0.4 is 5.43 Å². The number of para-hydroxylation sites is 2. The van der Waals surface area contributed by atoms with Gasteiger partial charge < -0.3 is 10.5 Å². The molecule has 0 aliphatic rings. The Morgan fingerprint density at radius 3 is 2.79 bits per heavy atom. The van der Waals surface area contributed by atoms with Gasteiger partial charge in [-0.2, -0.15) is 4.98 Å². The first-order chi connectivity index (χ1) is 11.8. The van der Waals surface area contributed by atoms with E-state index in [0.717, 1.165) is 17.5 Å². The lowest BCUT2D eigenvalue weighted by atomic mass is 10.2. The van der Waals surface area contributed by atoms with Crippen molar-refractivity contribution in [1.29, 1.82) is 0 Å². The van der Waals surface area contributed by atoms with E-state index in [2.05, 4.69) is 25.4 Å². The van der Waals surface area contributed by atoms with E-state index >= 15 is 0 Å². The Labute approximate surface area is 137 Å². The van der Waals surface area contributed by atoms with Crippen LogP contribution in [0.5, 0.6) is 0 Å². The standard InChI is InChI=1S/C16H17N7O/c1-2-11(8-24)21-23-10-19-13-7-17-16(20-15(13)23)22-9-18-12-5-3-4-6-14(12)22/h3-7,9-11,21,24H,2,8H2,1H3/t11-/m0/s1. The summed E-state index contributed by atoms with van der Waals surface area (Å²) in [5, 5.41) is 9.38. The third-order valence-electron chi connectivity index (χ3n) is 3.98. The van der Waals surface area contributed by atoms with Crippen molar-refractivity contribution < 1.29 is 5.11 Å². The van der Waals surface area contributed by atoms with Crippen LogP contribution in [-0.4, -0.2) is 46.9 Å². The van der Waals surface area contributed by atoms with E-state index in [9.17, 15) is 5.11 Å². The number of rotatable bonds is 5. The Hall–Kier alpha value is -3.00. The van der Waals surface area contributed by atoms with Gasteiger partial charge in [-0.05, 0) is 18.6 Å². The summed E-state index contributed by atoms with van der Waals surface area (Å²) in [4.78, 5) is 17.7.